The molecule has 1 fully saturated rings. The molecular formula is C22H26N2O5. The van der Waals surface area contributed by atoms with Crippen LogP contribution in [-0.2, 0) is 22.6 Å². The quantitative estimate of drug-likeness (QED) is 0.562. The second-order valence-electron chi connectivity index (χ2n) is 7.12. The van der Waals surface area contributed by atoms with Gasteiger partial charge >= 0.3 is 5.97 Å². The fourth-order valence-corrected chi connectivity index (χ4v) is 3.25. The molecule has 7 heteroatoms. The predicted molar refractivity (Wildman–Crippen MR) is 108 cm³/mol. The van der Waals surface area contributed by atoms with E-state index in [9.17, 15) is 9.59 Å². The first-order valence-corrected chi connectivity index (χ1v) is 9.68. The van der Waals surface area contributed by atoms with Crippen molar-refractivity contribution in [1.82, 2.24) is 10.3 Å². The van der Waals surface area contributed by atoms with Crippen LogP contribution in [0.15, 0.2) is 30.3 Å². The van der Waals surface area contributed by atoms with Crippen molar-refractivity contribution in [2.45, 2.75) is 32.2 Å². The van der Waals surface area contributed by atoms with Crippen LogP contribution in [0.4, 0.5) is 0 Å². The molecule has 0 spiro atoms. The molecule has 3 rings (SSSR count). The molecule has 7 nitrogen and oxygen atoms in total. The molecular weight excluding hydrogens is 372 g/mol. The number of nitrogens with zero attached hydrogens (tertiary/aromatic N) is 1. The number of hydrogen-bond acceptors (Lipinski definition) is 6. The maximum absolute atomic E-state index is 11.9. The Labute approximate surface area is 170 Å². The average Bonchev–Trinajstić information content (AvgIpc) is 3.56. The van der Waals surface area contributed by atoms with Gasteiger partial charge in [-0.2, -0.15) is 0 Å². The summed E-state index contributed by atoms with van der Waals surface area (Å²) in [6, 6.07) is 8.98. The van der Waals surface area contributed by atoms with Crippen LogP contribution in [0.3, 0.4) is 0 Å². The minimum atomic E-state index is -0.892. The van der Waals surface area contributed by atoms with Gasteiger partial charge in [0, 0.05) is 42.6 Å². The zero-order valence-electron chi connectivity index (χ0n) is 16.7. The molecule has 1 saturated carbocycles. The van der Waals surface area contributed by atoms with Crippen LogP contribution in [-0.4, -0.2) is 42.6 Å². The number of aliphatic carboxylic acids is 1. The number of benzene rings is 1. The second kappa shape index (κ2) is 9.52. The number of pyridine rings is 1. The van der Waals surface area contributed by atoms with Crippen LogP contribution in [0, 0.1) is 5.92 Å². The fourth-order valence-electron chi connectivity index (χ4n) is 3.25. The predicted octanol–water partition coefficient (Wildman–Crippen LogP) is 2.85. The lowest BCUT2D eigenvalue weighted by atomic mass is 9.99. The van der Waals surface area contributed by atoms with Crippen molar-refractivity contribution in [2.24, 2.45) is 5.92 Å². The Morgan fingerprint density at radius 2 is 1.93 bits per heavy atom. The number of methoxy groups -OCH3 is 2. The van der Waals surface area contributed by atoms with E-state index in [1.165, 1.54) is 0 Å². The Bertz CT molecular complexity index is 893. The largest absolute Gasteiger partial charge is 0.496 e. The van der Waals surface area contributed by atoms with Crippen LogP contribution in [0.2, 0.25) is 0 Å². The lowest BCUT2D eigenvalue weighted by molar-refractivity contribution is -0.136. The summed E-state index contributed by atoms with van der Waals surface area (Å²) in [4.78, 5) is 27.5. The molecule has 1 aromatic carbocycles. The average molecular weight is 398 g/mol. The van der Waals surface area contributed by atoms with E-state index in [-0.39, 0.29) is 12.3 Å². The maximum atomic E-state index is 11.9. The van der Waals surface area contributed by atoms with Gasteiger partial charge in [-0.3, -0.25) is 9.59 Å². The van der Waals surface area contributed by atoms with Gasteiger partial charge in [-0.1, -0.05) is 6.07 Å². The van der Waals surface area contributed by atoms with E-state index in [2.05, 4.69) is 10.3 Å². The molecule has 0 bridgehead atoms. The minimum absolute atomic E-state index is 0.0720. The summed E-state index contributed by atoms with van der Waals surface area (Å²) in [6.07, 6.45) is 2.48. The molecule has 2 aromatic rings. The molecule has 0 unspecified atom stereocenters. The van der Waals surface area contributed by atoms with Crippen LogP contribution in [0.5, 0.6) is 11.6 Å². The Kier molecular flexibility index (Phi) is 6.82. The first kappa shape index (κ1) is 20.8. The van der Waals surface area contributed by atoms with Crippen molar-refractivity contribution >= 4 is 11.8 Å². The molecule has 2 N–H and O–H groups in total. The topological polar surface area (TPSA) is 97.8 Å². The fraction of sp³-hybridized carbons (Fsp3) is 0.409. The van der Waals surface area contributed by atoms with E-state index in [1.54, 1.807) is 32.4 Å². The van der Waals surface area contributed by atoms with Crippen LogP contribution in [0.1, 0.15) is 30.5 Å². The van der Waals surface area contributed by atoms with E-state index in [4.69, 9.17) is 14.6 Å². The Hall–Kier alpha value is -2.93. The van der Waals surface area contributed by atoms with Crippen molar-refractivity contribution < 1.29 is 24.2 Å². The van der Waals surface area contributed by atoms with E-state index in [0.717, 1.165) is 29.7 Å². The number of ether oxygens (including phenoxy) is 2. The Morgan fingerprint density at radius 3 is 2.59 bits per heavy atom. The SMILES string of the molecule is COc1ccc(-c2cc(CC(=O)O)ccc2OC)c(CNCCC(=O)C2CC2)n1. The highest BCUT2D eigenvalue weighted by molar-refractivity contribution is 5.83. The number of carbonyl (C=O) groups is 2. The second-order valence-corrected chi connectivity index (χ2v) is 7.12. The van der Waals surface area contributed by atoms with E-state index in [0.29, 0.717) is 42.5 Å². The van der Waals surface area contributed by atoms with Crippen molar-refractivity contribution in [3.8, 4) is 22.8 Å². The number of carboxylic acid groups (broad SMARTS) is 1. The molecule has 0 radical (unpaired) electrons. The van der Waals surface area contributed by atoms with Gasteiger partial charge in [-0.25, -0.2) is 4.98 Å². The third kappa shape index (κ3) is 5.54. The van der Waals surface area contributed by atoms with Gasteiger partial charge in [0.25, 0.3) is 0 Å². The van der Waals surface area contributed by atoms with Gasteiger partial charge in [-0.05, 0) is 36.6 Å². The lowest BCUT2D eigenvalue weighted by Gasteiger charge is -2.15. The van der Waals surface area contributed by atoms with Gasteiger partial charge in [-0.15, -0.1) is 0 Å². The third-order valence-electron chi connectivity index (χ3n) is 4.94. The van der Waals surface area contributed by atoms with Gasteiger partial charge in [0.2, 0.25) is 5.88 Å². The summed E-state index contributed by atoms with van der Waals surface area (Å²) >= 11 is 0. The van der Waals surface area contributed by atoms with Crippen molar-refractivity contribution in [3.05, 3.63) is 41.6 Å². The van der Waals surface area contributed by atoms with Gasteiger partial charge in [0.05, 0.1) is 26.3 Å². The molecule has 29 heavy (non-hydrogen) atoms. The number of hydrogen-bond donors (Lipinski definition) is 2. The van der Waals surface area contributed by atoms with E-state index in [1.807, 2.05) is 12.1 Å². The molecule has 1 aliphatic carbocycles. The van der Waals surface area contributed by atoms with Gasteiger partial charge in [0.1, 0.15) is 11.5 Å². The van der Waals surface area contributed by atoms with Crippen LogP contribution in [0.25, 0.3) is 11.1 Å². The lowest BCUT2D eigenvalue weighted by Crippen LogP contribution is -2.19. The Balaban J connectivity index is 1.83. The van der Waals surface area contributed by atoms with E-state index >= 15 is 0 Å². The zero-order valence-corrected chi connectivity index (χ0v) is 16.7. The summed E-state index contributed by atoms with van der Waals surface area (Å²) in [7, 11) is 3.13. The summed E-state index contributed by atoms with van der Waals surface area (Å²) in [5.74, 6) is 0.815. The van der Waals surface area contributed by atoms with Crippen molar-refractivity contribution in [3.63, 3.8) is 0 Å². The van der Waals surface area contributed by atoms with Crippen LogP contribution >= 0.6 is 0 Å². The third-order valence-corrected chi connectivity index (χ3v) is 4.94. The van der Waals surface area contributed by atoms with Gasteiger partial charge < -0.3 is 19.9 Å². The number of aromatic nitrogens is 1. The summed E-state index contributed by atoms with van der Waals surface area (Å²) in [6.45, 7) is 1.04. The number of rotatable bonds is 11. The highest BCUT2D eigenvalue weighted by Crippen LogP contribution is 2.34. The smallest absolute Gasteiger partial charge is 0.307 e. The number of carboxylic acids is 1. The molecule has 1 aromatic heterocycles. The normalized spacial score (nSPS) is 13.2. The van der Waals surface area contributed by atoms with Crippen LogP contribution < -0.4 is 14.8 Å². The Morgan fingerprint density at radius 1 is 1.14 bits per heavy atom. The van der Waals surface area contributed by atoms with Gasteiger partial charge in [0.15, 0.2) is 0 Å². The maximum Gasteiger partial charge on any atom is 0.307 e. The number of carbonyl (C=O) groups excluding carboxylic acids is 1. The monoisotopic (exact) mass is 398 g/mol. The van der Waals surface area contributed by atoms with Crippen molar-refractivity contribution in [1.29, 1.82) is 0 Å². The standard InChI is InChI=1S/C22H26N2O5/c1-28-20-7-3-14(12-22(26)27)11-17(20)16-6-8-21(29-2)24-18(16)13-23-10-9-19(25)15-4-5-15/h3,6-8,11,15,23H,4-5,9-10,12-13H2,1-2H3,(H,26,27). The molecule has 1 heterocycles. The zero-order chi connectivity index (χ0) is 20.8. The number of nitrogens with one attached hydrogen (secondary N) is 1. The molecule has 154 valence electrons. The molecule has 0 atom stereocenters. The highest BCUT2D eigenvalue weighted by atomic mass is 16.5. The first-order valence-electron chi connectivity index (χ1n) is 9.68. The molecule has 0 amide bonds. The number of ketones is 1. The summed E-state index contributed by atoms with van der Waals surface area (Å²) in [5.41, 5.74) is 3.02. The molecule has 1 aliphatic rings. The minimum Gasteiger partial charge on any atom is -0.496 e. The molecule has 0 saturated heterocycles. The number of Topliss-reactive ketones (excluding diaryl/α,β-unsaturated/α-hetero) is 1. The van der Waals surface area contributed by atoms with E-state index < -0.39 is 5.97 Å². The van der Waals surface area contributed by atoms with Crippen molar-refractivity contribution in [2.75, 3.05) is 20.8 Å². The molecule has 0 aliphatic heterocycles. The first-order chi connectivity index (χ1) is 14.0. The summed E-state index contributed by atoms with van der Waals surface area (Å²) in [5, 5.41) is 12.4. The highest BCUT2D eigenvalue weighted by Gasteiger charge is 2.28. The summed E-state index contributed by atoms with van der Waals surface area (Å²) < 4.78 is 10.8.